The lowest BCUT2D eigenvalue weighted by Crippen LogP contribution is -2.33. The highest BCUT2D eigenvalue weighted by Gasteiger charge is 2.27. The highest BCUT2D eigenvalue weighted by Crippen LogP contribution is 2.31. The fourth-order valence-corrected chi connectivity index (χ4v) is 5.65. The molecule has 40 heavy (non-hydrogen) atoms. The van der Waals surface area contributed by atoms with E-state index in [0.29, 0.717) is 18.7 Å². The van der Waals surface area contributed by atoms with Gasteiger partial charge in [-0.25, -0.2) is 13.8 Å². The van der Waals surface area contributed by atoms with Gasteiger partial charge in [-0.05, 0) is 55.5 Å². The predicted molar refractivity (Wildman–Crippen MR) is 146 cm³/mol. The molecule has 2 aromatic carbocycles. The van der Waals surface area contributed by atoms with Crippen LogP contribution < -0.4 is 10.2 Å². The number of nitrogens with one attached hydrogen (secondary N) is 1. The molecule has 1 saturated heterocycles. The number of thiazole rings is 1. The van der Waals surface area contributed by atoms with Crippen molar-refractivity contribution in [2.45, 2.75) is 45.1 Å². The molecule has 0 amide bonds. The Kier molecular flexibility index (Phi) is 8.36. The normalized spacial score (nSPS) is 15.2. The lowest BCUT2D eigenvalue weighted by molar-refractivity contribution is -0.137. The maximum atomic E-state index is 15.2. The fraction of sp³-hybridized carbons (Fsp3) is 0.357. The first kappa shape index (κ1) is 27.7. The van der Waals surface area contributed by atoms with Crippen LogP contribution in [-0.4, -0.2) is 52.6 Å². The zero-order valence-corrected chi connectivity index (χ0v) is 22.6. The molecule has 3 heterocycles. The van der Waals surface area contributed by atoms with Crippen LogP contribution in [0.4, 0.5) is 25.6 Å². The van der Waals surface area contributed by atoms with Crippen LogP contribution in [0.1, 0.15) is 35.3 Å². The minimum atomic E-state index is -0.842. The quantitative estimate of drug-likeness (QED) is 0.230. The van der Waals surface area contributed by atoms with E-state index in [1.807, 2.05) is 0 Å². The van der Waals surface area contributed by atoms with E-state index < -0.39 is 17.6 Å². The van der Waals surface area contributed by atoms with Crippen LogP contribution in [0.25, 0.3) is 11.1 Å². The molecule has 0 aliphatic carbocycles. The number of halogens is 2. The van der Waals surface area contributed by atoms with Gasteiger partial charge in [0.1, 0.15) is 17.9 Å². The van der Waals surface area contributed by atoms with Crippen LogP contribution in [0.15, 0.2) is 40.9 Å². The number of aryl methyl sites for hydroxylation is 2. The number of carbonyl (C=O) groups is 2. The van der Waals surface area contributed by atoms with Gasteiger partial charge >= 0.3 is 5.97 Å². The van der Waals surface area contributed by atoms with E-state index in [2.05, 4.69) is 20.2 Å². The molecule has 12 heteroatoms. The molecule has 0 bridgehead atoms. The third-order valence-corrected chi connectivity index (χ3v) is 7.82. The SMILES string of the molecule is Cc1ccc(F)cc1Nc1nc2ccc(CC(=O)COC[C@@H]3CCCN3c3ncc(CCC(=O)O)s3)c(F)c2o1. The molecule has 4 aromatic rings. The molecule has 2 aromatic heterocycles. The average molecular weight is 571 g/mol. The Labute approximate surface area is 232 Å². The van der Waals surface area contributed by atoms with Crippen molar-refractivity contribution in [1.82, 2.24) is 9.97 Å². The molecule has 9 nitrogen and oxygen atoms in total. The molecule has 0 saturated carbocycles. The largest absolute Gasteiger partial charge is 0.481 e. The van der Waals surface area contributed by atoms with E-state index in [1.54, 1.807) is 25.3 Å². The number of carboxylic acids is 1. The summed E-state index contributed by atoms with van der Waals surface area (Å²) in [5.41, 5.74) is 1.58. The first-order chi connectivity index (χ1) is 19.3. The van der Waals surface area contributed by atoms with Gasteiger partial charge in [-0.2, -0.15) is 4.98 Å². The van der Waals surface area contributed by atoms with E-state index in [4.69, 9.17) is 14.3 Å². The summed E-state index contributed by atoms with van der Waals surface area (Å²) < 4.78 is 40.0. The number of aliphatic carboxylic acids is 1. The monoisotopic (exact) mass is 570 g/mol. The molecular formula is C28H28F2N4O5S. The van der Waals surface area contributed by atoms with Gasteiger partial charge in [0.05, 0.1) is 19.1 Å². The Morgan fingerprint density at radius 2 is 2.12 bits per heavy atom. The highest BCUT2D eigenvalue weighted by atomic mass is 32.1. The number of fused-ring (bicyclic) bond motifs is 1. The molecule has 1 aliphatic rings. The van der Waals surface area contributed by atoms with E-state index in [1.165, 1.54) is 29.5 Å². The molecule has 5 rings (SSSR count). The van der Waals surface area contributed by atoms with Gasteiger partial charge in [-0.15, -0.1) is 11.3 Å². The molecule has 1 aliphatic heterocycles. The molecule has 0 unspecified atom stereocenters. The van der Waals surface area contributed by atoms with Gasteiger partial charge in [0.2, 0.25) is 0 Å². The molecule has 1 atom stereocenters. The van der Waals surface area contributed by atoms with Crippen LogP contribution in [0.3, 0.4) is 0 Å². The molecule has 2 N–H and O–H groups in total. The van der Waals surface area contributed by atoms with Gasteiger partial charge < -0.3 is 24.5 Å². The molecule has 0 radical (unpaired) electrons. The van der Waals surface area contributed by atoms with Gasteiger partial charge in [-0.3, -0.25) is 9.59 Å². The number of anilines is 3. The summed E-state index contributed by atoms with van der Waals surface area (Å²) >= 11 is 1.48. The van der Waals surface area contributed by atoms with E-state index in [0.717, 1.165) is 35.0 Å². The summed E-state index contributed by atoms with van der Waals surface area (Å²) in [6, 6.07) is 7.39. The zero-order valence-electron chi connectivity index (χ0n) is 21.8. The molecule has 0 spiro atoms. The summed E-state index contributed by atoms with van der Waals surface area (Å²) in [7, 11) is 0. The van der Waals surface area contributed by atoms with E-state index in [-0.39, 0.29) is 54.0 Å². The number of ketones is 1. The smallest absolute Gasteiger partial charge is 0.303 e. The number of hydrogen-bond donors (Lipinski definition) is 2. The van der Waals surface area contributed by atoms with Crippen molar-refractivity contribution in [1.29, 1.82) is 0 Å². The Morgan fingerprint density at radius 1 is 1.27 bits per heavy atom. The van der Waals surface area contributed by atoms with Crippen LogP contribution in [0.5, 0.6) is 0 Å². The van der Waals surface area contributed by atoms with Gasteiger partial charge in [0.25, 0.3) is 6.01 Å². The molecular weight excluding hydrogens is 542 g/mol. The van der Waals surface area contributed by atoms with Gasteiger partial charge in [0, 0.05) is 29.7 Å². The number of oxazole rings is 1. The second kappa shape index (κ2) is 12.1. The highest BCUT2D eigenvalue weighted by molar-refractivity contribution is 7.15. The minimum absolute atomic E-state index is 0.0183. The number of ether oxygens (including phenoxy) is 1. The average Bonchev–Trinajstić information content (AvgIpc) is 3.66. The summed E-state index contributed by atoms with van der Waals surface area (Å²) in [5.74, 6) is -2.22. The van der Waals surface area contributed by atoms with Gasteiger partial charge in [-0.1, -0.05) is 12.1 Å². The topological polar surface area (TPSA) is 118 Å². The van der Waals surface area contributed by atoms with Crippen LogP contribution in [0, 0.1) is 18.6 Å². The summed E-state index contributed by atoms with van der Waals surface area (Å²) in [6.07, 6.45) is 3.90. The van der Waals surface area contributed by atoms with Crippen molar-refractivity contribution in [2.75, 3.05) is 30.0 Å². The van der Waals surface area contributed by atoms with Gasteiger partial charge in [0.15, 0.2) is 22.3 Å². The standard InChI is InChI=1S/C28H28F2N4O5S/c1-16-4-6-18(29)12-23(16)33-27-32-22-8-5-17(25(30)26(22)39-27)11-20(35)15-38-14-19-3-2-10-34(19)28-31-13-21(40-28)7-9-24(36)37/h4-6,8,12-13,19H,2-3,7,9-11,14-15H2,1H3,(H,32,33)(H,36,37)/t19-/m0/s1. The Balaban J connectivity index is 1.15. The maximum Gasteiger partial charge on any atom is 0.303 e. The zero-order chi connectivity index (χ0) is 28.2. The summed E-state index contributed by atoms with van der Waals surface area (Å²) in [5, 5.41) is 12.6. The number of carbonyl (C=O) groups excluding carboxylic acids is 1. The van der Waals surface area contributed by atoms with Crippen molar-refractivity contribution >= 4 is 51.0 Å². The van der Waals surface area contributed by atoms with Crippen molar-refractivity contribution < 1.29 is 32.6 Å². The Bertz CT molecular complexity index is 1540. The first-order valence-corrected chi connectivity index (χ1v) is 13.7. The number of rotatable bonds is 12. The second-order valence-corrected chi connectivity index (χ2v) is 10.8. The third kappa shape index (κ3) is 6.45. The van der Waals surface area contributed by atoms with Crippen LogP contribution >= 0.6 is 11.3 Å². The number of benzene rings is 2. The summed E-state index contributed by atoms with van der Waals surface area (Å²) in [4.78, 5) is 35.1. The first-order valence-electron chi connectivity index (χ1n) is 12.9. The minimum Gasteiger partial charge on any atom is -0.481 e. The number of aromatic nitrogens is 2. The fourth-order valence-electron chi connectivity index (χ4n) is 4.64. The van der Waals surface area contributed by atoms with Crippen molar-refractivity contribution in [3.05, 3.63) is 64.2 Å². The van der Waals surface area contributed by atoms with Crippen molar-refractivity contribution in [3.63, 3.8) is 0 Å². The number of nitrogens with zero attached hydrogens (tertiary/aromatic N) is 3. The maximum absolute atomic E-state index is 15.2. The third-order valence-electron chi connectivity index (χ3n) is 6.73. The van der Waals surface area contributed by atoms with E-state index in [9.17, 15) is 14.0 Å². The molecule has 1 fully saturated rings. The van der Waals surface area contributed by atoms with E-state index >= 15 is 4.39 Å². The number of Topliss-reactive ketones (excluding diaryl/α,β-unsaturated/α-hetero) is 1. The molecule has 210 valence electrons. The van der Waals surface area contributed by atoms with Crippen molar-refractivity contribution in [2.24, 2.45) is 0 Å². The number of hydrogen-bond acceptors (Lipinski definition) is 9. The summed E-state index contributed by atoms with van der Waals surface area (Å²) in [6.45, 7) is 2.77. The van der Waals surface area contributed by atoms with Crippen molar-refractivity contribution in [3.8, 4) is 0 Å². The predicted octanol–water partition coefficient (Wildman–Crippen LogP) is 5.43. The van der Waals surface area contributed by atoms with Crippen LogP contribution in [0.2, 0.25) is 0 Å². The lowest BCUT2D eigenvalue weighted by atomic mass is 10.1. The number of carboxylic acid groups (broad SMARTS) is 1. The Morgan fingerprint density at radius 3 is 2.95 bits per heavy atom. The van der Waals surface area contributed by atoms with Crippen LogP contribution in [-0.2, 0) is 27.2 Å². The second-order valence-electron chi connectivity index (χ2n) is 9.71. The Hall–Kier alpha value is -3.90. The lowest BCUT2D eigenvalue weighted by Gasteiger charge is -2.23.